The van der Waals surface area contributed by atoms with Crippen molar-refractivity contribution in [3.8, 4) is 0 Å². The fourth-order valence-corrected chi connectivity index (χ4v) is 2.25. The van der Waals surface area contributed by atoms with Crippen LogP contribution in [0.5, 0.6) is 0 Å². The summed E-state index contributed by atoms with van der Waals surface area (Å²) in [6.45, 7) is 7.94. The molecule has 0 spiro atoms. The van der Waals surface area contributed by atoms with Gasteiger partial charge in [-0.05, 0) is 37.6 Å². The number of halogens is 1. The van der Waals surface area contributed by atoms with Crippen molar-refractivity contribution in [1.29, 1.82) is 0 Å². The highest BCUT2D eigenvalue weighted by Gasteiger charge is 2.21. The minimum Gasteiger partial charge on any atom is -0.377 e. The molecule has 0 aromatic heterocycles. The Morgan fingerprint density at radius 2 is 2.06 bits per heavy atom. The Morgan fingerprint density at radius 3 is 2.59 bits per heavy atom. The van der Waals surface area contributed by atoms with Crippen LogP contribution in [0.3, 0.4) is 0 Å². The molecule has 0 saturated heterocycles. The Labute approximate surface area is 109 Å². The average molecular weight is 256 g/mol. The van der Waals surface area contributed by atoms with Crippen molar-refractivity contribution in [1.82, 2.24) is 5.32 Å². The molecular weight excluding hydrogens is 234 g/mol. The summed E-state index contributed by atoms with van der Waals surface area (Å²) in [7, 11) is 0. The van der Waals surface area contributed by atoms with E-state index < -0.39 is 0 Å². The molecular formula is C14H22ClNO. The maximum Gasteiger partial charge on any atom is 0.0766 e. The minimum atomic E-state index is 0.193. The van der Waals surface area contributed by atoms with Crippen LogP contribution in [0.2, 0.25) is 5.02 Å². The third kappa shape index (κ3) is 4.30. The van der Waals surface area contributed by atoms with Crippen LogP contribution >= 0.6 is 11.6 Å². The third-order valence-corrected chi connectivity index (χ3v) is 3.02. The molecule has 0 aliphatic rings. The first-order chi connectivity index (χ1) is 8.22. The van der Waals surface area contributed by atoms with Crippen molar-refractivity contribution in [2.45, 2.75) is 39.3 Å². The number of nitrogens with one attached hydrogen (secondary N) is 1. The molecule has 17 heavy (non-hydrogen) atoms. The molecule has 1 aromatic carbocycles. The number of hydrogen-bond donors (Lipinski definition) is 1. The Hall–Kier alpha value is -0.570. The van der Waals surface area contributed by atoms with Crippen LogP contribution < -0.4 is 5.32 Å². The monoisotopic (exact) mass is 255 g/mol. The topological polar surface area (TPSA) is 21.3 Å². The lowest BCUT2D eigenvalue weighted by molar-refractivity contribution is 0.0318. The molecule has 2 atom stereocenters. The summed E-state index contributed by atoms with van der Waals surface area (Å²) in [5.41, 5.74) is 1.19. The normalized spacial score (nSPS) is 14.6. The summed E-state index contributed by atoms with van der Waals surface area (Å²) in [5.74, 6) is 0. The fourth-order valence-electron chi connectivity index (χ4n) is 2.05. The van der Waals surface area contributed by atoms with E-state index in [4.69, 9.17) is 16.3 Å². The Kier molecular flexibility index (Phi) is 6.56. The Bertz CT molecular complexity index is 330. The van der Waals surface area contributed by atoms with Gasteiger partial charge in [-0.3, -0.25) is 0 Å². The number of rotatable bonds is 7. The van der Waals surface area contributed by atoms with E-state index in [2.05, 4.69) is 25.2 Å². The van der Waals surface area contributed by atoms with Gasteiger partial charge in [0, 0.05) is 11.6 Å². The van der Waals surface area contributed by atoms with Gasteiger partial charge in [-0.15, -0.1) is 0 Å². The zero-order chi connectivity index (χ0) is 12.7. The van der Waals surface area contributed by atoms with Crippen molar-refractivity contribution in [3.63, 3.8) is 0 Å². The summed E-state index contributed by atoms with van der Waals surface area (Å²) in [6.07, 6.45) is 1.18. The predicted octanol–water partition coefficient (Wildman–Crippen LogP) is 3.81. The second-order valence-electron chi connectivity index (χ2n) is 3.99. The Morgan fingerprint density at radius 1 is 1.29 bits per heavy atom. The molecule has 0 fully saturated rings. The lowest BCUT2D eigenvalue weighted by Gasteiger charge is -2.27. The van der Waals surface area contributed by atoms with E-state index in [0.717, 1.165) is 24.6 Å². The third-order valence-electron chi connectivity index (χ3n) is 2.79. The Balaban J connectivity index is 2.90. The summed E-state index contributed by atoms with van der Waals surface area (Å²) >= 11 is 6.05. The highest BCUT2D eigenvalue weighted by Crippen LogP contribution is 2.24. The van der Waals surface area contributed by atoms with Crippen LogP contribution in [-0.4, -0.2) is 19.3 Å². The van der Waals surface area contributed by atoms with Crippen LogP contribution in [0.15, 0.2) is 24.3 Å². The minimum absolute atomic E-state index is 0.193. The quantitative estimate of drug-likeness (QED) is 0.800. The van der Waals surface area contributed by atoms with Gasteiger partial charge in [0.15, 0.2) is 0 Å². The molecule has 0 aliphatic carbocycles. The first-order valence-corrected chi connectivity index (χ1v) is 6.71. The van der Waals surface area contributed by atoms with E-state index in [1.165, 1.54) is 5.56 Å². The van der Waals surface area contributed by atoms with Gasteiger partial charge in [-0.1, -0.05) is 37.6 Å². The molecule has 1 aromatic rings. The fraction of sp³-hybridized carbons (Fsp3) is 0.571. The van der Waals surface area contributed by atoms with Crippen molar-refractivity contribution >= 4 is 11.6 Å². The van der Waals surface area contributed by atoms with Gasteiger partial charge in [-0.2, -0.15) is 0 Å². The van der Waals surface area contributed by atoms with E-state index >= 15 is 0 Å². The molecule has 1 rings (SSSR count). The number of hydrogen-bond acceptors (Lipinski definition) is 2. The lowest BCUT2D eigenvalue weighted by atomic mass is 9.99. The summed E-state index contributed by atoms with van der Waals surface area (Å²) in [4.78, 5) is 0. The van der Waals surface area contributed by atoms with Crippen molar-refractivity contribution < 1.29 is 4.74 Å². The van der Waals surface area contributed by atoms with Gasteiger partial charge in [0.25, 0.3) is 0 Å². The maximum absolute atomic E-state index is 6.05. The second-order valence-corrected chi connectivity index (χ2v) is 4.43. The van der Waals surface area contributed by atoms with E-state index in [1.54, 1.807) is 0 Å². The smallest absolute Gasteiger partial charge is 0.0766 e. The van der Waals surface area contributed by atoms with Crippen molar-refractivity contribution in [3.05, 3.63) is 34.9 Å². The van der Waals surface area contributed by atoms with E-state index in [-0.39, 0.29) is 12.1 Å². The zero-order valence-corrected chi connectivity index (χ0v) is 11.6. The molecule has 96 valence electrons. The van der Waals surface area contributed by atoms with Crippen LogP contribution in [-0.2, 0) is 4.74 Å². The van der Waals surface area contributed by atoms with Gasteiger partial charge in [0.05, 0.1) is 12.1 Å². The van der Waals surface area contributed by atoms with Crippen LogP contribution in [0.4, 0.5) is 0 Å². The molecule has 2 nitrogen and oxygen atoms in total. The summed E-state index contributed by atoms with van der Waals surface area (Å²) in [5, 5.41) is 4.25. The SMILES string of the molecule is CCNC(c1cccc(Cl)c1)C(CC)OCC. The van der Waals surface area contributed by atoms with Gasteiger partial charge < -0.3 is 10.1 Å². The molecule has 2 unspecified atom stereocenters. The van der Waals surface area contributed by atoms with E-state index in [1.807, 2.05) is 25.1 Å². The number of benzene rings is 1. The maximum atomic E-state index is 6.05. The second kappa shape index (κ2) is 7.70. The van der Waals surface area contributed by atoms with Crippen molar-refractivity contribution in [2.75, 3.05) is 13.2 Å². The molecule has 1 N–H and O–H groups in total. The largest absolute Gasteiger partial charge is 0.377 e. The molecule has 0 radical (unpaired) electrons. The zero-order valence-electron chi connectivity index (χ0n) is 10.9. The molecule has 0 bridgehead atoms. The molecule has 0 heterocycles. The molecule has 3 heteroatoms. The van der Waals surface area contributed by atoms with Crippen LogP contribution in [0.1, 0.15) is 38.8 Å². The van der Waals surface area contributed by atoms with Crippen LogP contribution in [0.25, 0.3) is 0 Å². The molecule has 0 saturated carbocycles. The summed E-state index contributed by atoms with van der Waals surface area (Å²) in [6, 6.07) is 8.21. The van der Waals surface area contributed by atoms with Gasteiger partial charge in [-0.25, -0.2) is 0 Å². The molecule has 0 amide bonds. The van der Waals surface area contributed by atoms with Gasteiger partial charge in [0.1, 0.15) is 0 Å². The number of likely N-dealkylation sites (N-methyl/N-ethyl adjacent to an activating group) is 1. The molecule has 0 aliphatic heterocycles. The van der Waals surface area contributed by atoms with E-state index in [0.29, 0.717) is 0 Å². The van der Waals surface area contributed by atoms with Gasteiger partial charge in [0.2, 0.25) is 0 Å². The van der Waals surface area contributed by atoms with Crippen LogP contribution in [0, 0.1) is 0 Å². The standard InChI is InChI=1S/C14H22ClNO/c1-4-13(17-6-3)14(16-5-2)11-8-7-9-12(15)10-11/h7-10,13-14,16H,4-6H2,1-3H3. The number of ether oxygens (including phenoxy) is 1. The first kappa shape index (κ1) is 14.5. The summed E-state index contributed by atoms with van der Waals surface area (Å²) < 4.78 is 5.79. The van der Waals surface area contributed by atoms with Gasteiger partial charge >= 0.3 is 0 Å². The average Bonchev–Trinajstić information content (AvgIpc) is 2.33. The highest BCUT2D eigenvalue weighted by molar-refractivity contribution is 6.30. The lowest BCUT2D eigenvalue weighted by Crippen LogP contribution is -2.33. The van der Waals surface area contributed by atoms with E-state index in [9.17, 15) is 0 Å². The first-order valence-electron chi connectivity index (χ1n) is 6.33. The predicted molar refractivity (Wildman–Crippen MR) is 73.6 cm³/mol. The highest BCUT2D eigenvalue weighted by atomic mass is 35.5. The van der Waals surface area contributed by atoms with Crippen molar-refractivity contribution in [2.24, 2.45) is 0 Å².